The summed E-state index contributed by atoms with van der Waals surface area (Å²) in [5.41, 5.74) is 5.14. The van der Waals surface area contributed by atoms with Gasteiger partial charge in [0.05, 0.1) is 20.4 Å². The zero-order chi connectivity index (χ0) is 20.5. The van der Waals surface area contributed by atoms with Crippen molar-refractivity contribution in [1.29, 1.82) is 0 Å². The van der Waals surface area contributed by atoms with Crippen LogP contribution in [0.15, 0.2) is 77.9 Å². The summed E-state index contributed by atoms with van der Waals surface area (Å²) in [6, 6.07) is 22.8. The van der Waals surface area contributed by atoms with Crippen molar-refractivity contribution in [3.8, 4) is 28.4 Å². The number of methoxy groups -OCH3 is 2. The SMILES string of the molecule is COc1cc(/C=N\NC(=O)COc2ccccc2-c2ccccc2)cc(OC)c1. The maximum absolute atomic E-state index is 12.1. The number of hydrazone groups is 1. The first kappa shape index (κ1) is 19.9. The summed E-state index contributed by atoms with van der Waals surface area (Å²) in [5, 5.41) is 3.97. The largest absolute Gasteiger partial charge is 0.497 e. The number of benzene rings is 3. The molecular weight excluding hydrogens is 368 g/mol. The van der Waals surface area contributed by atoms with E-state index in [1.165, 1.54) is 6.21 Å². The molecule has 0 spiro atoms. The number of carbonyl (C=O) groups excluding carboxylic acids is 1. The number of nitrogens with one attached hydrogen (secondary N) is 1. The molecule has 0 radical (unpaired) electrons. The van der Waals surface area contributed by atoms with Crippen molar-refractivity contribution >= 4 is 12.1 Å². The highest BCUT2D eigenvalue weighted by Gasteiger charge is 2.08. The summed E-state index contributed by atoms with van der Waals surface area (Å²) in [6.07, 6.45) is 1.51. The topological polar surface area (TPSA) is 69.2 Å². The molecule has 0 aliphatic heterocycles. The van der Waals surface area contributed by atoms with Gasteiger partial charge >= 0.3 is 0 Å². The predicted molar refractivity (Wildman–Crippen MR) is 113 cm³/mol. The number of hydrogen-bond acceptors (Lipinski definition) is 5. The second kappa shape index (κ2) is 9.94. The minimum atomic E-state index is -0.362. The summed E-state index contributed by atoms with van der Waals surface area (Å²) in [5.74, 6) is 1.55. The van der Waals surface area contributed by atoms with Crippen LogP contribution in [0.2, 0.25) is 0 Å². The smallest absolute Gasteiger partial charge is 0.277 e. The summed E-state index contributed by atoms with van der Waals surface area (Å²) in [7, 11) is 3.14. The van der Waals surface area contributed by atoms with E-state index in [1.54, 1.807) is 32.4 Å². The fourth-order valence-electron chi connectivity index (χ4n) is 2.71. The van der Waals surface area contributed by atoms with Gasteiger partial charge in [-0.25, -0.2) is 5.43 Å². The van der Waals surface area contributed by atoms with Gasteiger partial charge in [-0.1, -0.05) is 48.5 Å². The molecule has 0 atom stereocenters. The Morgan fingerprint density at radius 2 is 1.59 bits per heavy atom. The van der Waals surface area contributed by atoms with Crippen LogP contribution in [-0.4, -0.2) is 32.9 Å². The maximum atomic E-state index is 12.1. The van der Waals surface area contributed by atoms with E-state index in [4.69, 9.17) is 14.2 Å². The fraction of sp³-hybridized carbons (Fsp3) is 0.130. The number of amides is 1. The van der Waals surface area contributed by atoms with Crippen LogP contribution in [0.25, 0.3) is 11.1 Å². The molecular formula is C23H22N2O4. The Kier molecular flexibility index (Phi) is 6.84. The molecule has 0 unspecified atom stereocenters. The average Bonchev–Trinajstić information content (AvgIpc) is 2.78. The van der Waals surface area contributed by atoms with E-state index < -0.39 is 0 Å². The number of hydrogen-bond donors (Lipinski definition) is 1. The van der Waals surface area contributed by atoms with Gasteiger partial charge in [0.15, 0.2) is 6.61 Å². The van der Waals surface area contributed by atoms with Crippen molar-refractivity contribution in [2.45, 2.75) is 0 Å². The molecule has 0 aliphatic carbocycles. The van der Waals surface area contributed by atoms with Gasteiger partial charge in [0.1, 0.15) is 17.2 Å². The molecule has 0 saturated heterocycles. The van der Waals surface area contributed by atoms with E-state index in [0.29, 0.717) is 17.2 Å². The third kappa shape index (κ3) is 5.59. The average molecular weight is 390 g/mol. The molecule has 0 bridgehead atoms. The van der Waals surface area contributed by atoms with Gasteiger partial charge in [-0.3, -0.25) is 4.79 Å². The van der Waals surface area contributed by atoms with Crippen molar-refractivity contribution in [3.63, 3.8) is 0 Å². The number of carbonyl (C=O) groups is 1. The number of ether oxygens (including phenoxy) is 3. The van der Waals surface area contributed by atoms with Gasteiger partial charge in [-0.15, -0.1) is 0 Å². The maximum Gasteiger partial charge on any atom is 0.277 e. The van der Waals surface area contributed by atoms with Crippen LogP contribution in [-0.2, 0) is 4.79 Å². The molecule has 0 fully saturated rings. The summed E-state index contributed by atoms with van der Waals surface area (Å²) < 4.78 is 16.1. The molecule has 6 heteroatoms. The summed E-state index contributed by atoms with van der Waals surface area (Å²) in [6.45, 7) is -0.150. The third-order valence-corrected chi connectivity index (χ3v) is 4.11. The van der Waals surface area contributed by atoms with E-state index in [9.17, 15) is 4.79 Å². The summed E-state index contributed by atoms with van der Waals surface area (Å²) >= 11 is 0. The minimum Gasteiger partial charge on any atom is -0.497 e. The van der Waals surface area contributed by atoms with Crippen molar-refractivity contribution in [3.05, 3.63) is 78.4 Å². The van der Waals surface area contributed by atoms with Gasteiger partial charge in [0.2, 0.25) is 0 Å². The Bertz CT molecular complexity index is 965. The Morgan fingerprint density at radius 1 is 0.931 bits per heavy atom. The molecule has 148 valence electrons. The van der Waals surface area contributed by atoms with E-state index in [-0.39, 0.29) is 12.5 Å². The Balaban J connectivity index is 1.60. The van der Waals surface area contributed by atoms with E-state index in [1.807, 2.05) is 54.6 Å². The first-order chi connectivity index (χ1) is 14.2. The fourth-order valence-corrected chi connectivity index (χ4v) is 2.71. The zero-order valence-electron chi connectivity index (χ0n) is 16.3. The van der Waals surface area contributed by atoms with Crippen LogP contribution in [0.5, 0.6) is 17.2 Å². The molecule has 3 rings (SSSR count). The molecule has 1 N–H and O–H groups in total. The second-order valence-electron chi connectivity index (χ2n) is 6.09. The highest BCUT2D eigenvalue weighted by molar-refractivity contribution is 5.84. The molecule has 1 amide bonds. The Morgan fingerprint density at radius 3 is 2.28 bits per heavy atom. The van der Waals surface area contributed by atoms with Gasteiger partial charge in [0, 0.05) is 17.2 Å². The van der Waals surface area contributed by atoms with Crippen LogP contribution >= 0.6 is 0 Å². The van der Waals surface area contributed by atoms with E-state index in [0.717, 1.165) is 16.7 Å². The molecule has 0 aromatic heterocycles. The zero-order valence-corrected chi connectivity index (χ0v) is 16.3. The quantitative estimate of drug-likeness (QED) is 0.468. The molecule has 0 saturated carbocycles. The molecule has 29 heavy (non-hydrogen) atoms. The third-order valence-electron chi connectivity index (χ3n) is 4.11. The standard InChI is InChI=1S/C23H22N2O4/c1-27-19-12-17(13-20(14-19)28-2)15-24-25-23(26)16-29-22-11-7-6-10-21(22)18-8-4-3-5-9-18/h3-15H,16H2,1-2H3,(H,25,26)/b24-15-. The molecule has 0 heterocycles. The van der Waals surface area contributed by atoms with Gasteiger partial charge in [0.25, 0.3) is 5.91 Å². The van der Waals surface area contributed by atoms with Crippen LogP contribution < -0.4 is 19.6 Å². The van der Waals surface area contributed by atoms with Gasteiger partial charge in [-0.2, -0.15) is 5.10 Å². The first-order valence-electron chi connectivity index (χ1n) is 9.02. The van der Waals surface area contributed by atoms with Crippen LogP contribution in [0.3, 0.4) is 0 Å². The van der Waals surface area contributed by atoms with Crippen molar-refractivity contribution < 1.29 is 19.0 Å². The highest BCUT2D eigenvalue weighted by atomic mass is 16.5. The lowest BCUT2D eigenvalue weighted by Gasteiger charge is -2.11. The normalized spacial score (nSPS) is 10.6. The van der Waals surface area contributed by atoms with E-state index in [2.05, 4.69) is 10.5 Å². The number of para-hydroxylation sites is 1. The second-order valence-corrected chi connectivity index (χ2v) is 6.09. The Labute approximate surface area is 169 Å². The van der Waals surface area contributed by atoms with Gasteiger partial charge < -0.3 is 14.2 Å². The molecule has 6 nitrogen and oxygen atoms in total. The van der Waals surface area contributed by atoms with Crippen molar-refractivity contribution in [2.75, 3.05) is 20.8 Å². The molecule has 0 aliphatic rings. The van der Waals surface area contributed by atoms with Crippen molar-refractivity contribution in [1.82, 2.24) is 5.43 Å². The van der Waals surface area contributed by atoms with Gasteiger partial charge in [-0.05, 0) is 23.8 Å². The summed E-state index contributed by atoms with van der Waals surface area (Å²) in [4.78, 5) is 12.1. The molecule has 3 aromatic carbocycles. The van der Waals surface area contributed by atoms with Crippen LogP contribution in [0.4, 0.5) is 0 Å². The van der Waals surface area contributed by atoms with E-state index >= 15 is 0 Å². The van der Waals surface area contributed by atoms with Crippen LogP contribution in [0.1, 0.15) is 5.56 Å². The lowest BCUT2D eigenvalue weighted by Crippen LogP contribution is -2.24. The monoisotopic (exact) mass is 390 g/mol. The predicted octanol–water partition coefficient (Wildman–Crippen LogP) is 3.90. The number of nitrogens with zero attached hydrogens (tertiary/aromatic N) is 1. The number of rotatable bonds is 8. The minimum absolute atomic E-state index is 0.150. The lowest BCUT2D eigenvalue weighted by molar-refractivity contribution is -0.123. The Hall–Kier alpha value is -3.80. The van der Waals surface area contributed by atoms with Crippen molar-refractivity contribution in [2.24, 2.45) is 5.10 Å². The first-order valence-corrected chi connectivity index (χ1v) is 9.02. The van der Waals surface area contributed by atoms with Crippen LogP contribution in [0, 0.1) is 0 Å². The lowest BCUT2D eigenvalue weighted by atomic mass is 10.1. The highest BCUT2D eigenvalue weighted by Crippen LogP contribution is 2.29. The molecule has 3 aromatic rings.